The molecule has 2 N–H and O–H groups in total. The van der Waals surface area contributed by atoms with Gasteiger partial charge in [0.25, 0.3) is 0 Å². The average molecular weight is 252 g/mol. The fraction of sp³-hybridized carbons (Fsp3) is 0.538. The van der Waals surface area contributed by atoms with Gasteiger partial charge in [-0.25, -0.2) is 9.78 Å². The van der Waals surface area contributed by atoms with Crippen molar-refractivity contribution in [3.63, 3.8) is 0 Å². The fourth-order valence-corrected chi connectivity index (χ4v) is 1.50. The van der Waals surface area contributed by atoms with Crippen molar-refractivity contribution in [1.29, 1.82) is 0 Å². The summed E-state index contributed by atoms with van der Waals surface area (Å²) in [6, 6.07) is 3.53. The molecule has 0 aliphatic rings. The number of aliphatic hydroxyl groups excluding tert-OH is 1. The van der Waals surface area contributed by atoms with Crippen molar-refractivity contribution in [2.45, 2.75) is 26.8 Å². The van der Waals surface area contributed by atoms with E-state index in [9.17, 15) is 4.79 Å². The number of esters is 1. The molecular formula is C13H20N2O3. The topological polar surface area (TPSA) is 71.5 Å². The minimum absolute atomic E-state index is 0.103. The average Bonchev–Trinajstić information content (AvgIpc) is 2.37. The number of anilines is 1. The highest BCUT2D eigenvalue weighted by Gasteiger charge is 2.14. The number of hydrogen-bond donors (Lipinski definition) is 2. The molecule has 0 radical (unpaired) electrons. The van der Waals surface area contributed by atoms with Crippen molar-refractivity contribution in [1.82, 2.24) is 4.98 Å². The molecule has 0 saturated carbocycles. The summed E-state index contributed by atoms with van der Waals surface area (Å²) < 4.78 is 4.66. The van der Waals surface area contributed by atoms with Crippen LogP contribution in [0.1, 0.15) is 29.9 Å². The molecule has 0 bridgehead atoms. The first-order valence-corrected chi connectivity index (χ1v) is 5.93. The van der Waals surface area contributed by atoms with E-state index in [1.54, 1.807) is 19.1 Å². The summed E-state index contributed by atoms with van der Waals surface area (Å²) in [6.45, 7) is 5.81. The van der Waals surface area contributed by atoms with Crippen molar-refractivity contribution in [2.75, 3.05) is 19.0 Å². The highest BCUT2D eigenvalue weighted by atomic mass is 16.5. The van der Waals surface area contributed by atoms with E-state index in [-0.39, 0.29) is 24.5 Å². The third-order valence-corrected chi connectivity index (χ3v) is 3.01. The number of pyridine rings is 1. The Balaban J connectivity index is 2.82. The van der Waals surface area contributed by atoms with Gasteiger partial charge in [0.15, 0.2) is 0 Å². The van der Waals surface area contributed by atoms with E-state index in [2.05, 4.69) is 15.0 Å². The molecule has 0 saturated heterocycles. The number of carbonyl (C=O) groups excluding carboxylic acids is 1. The molecule has 0 aliphatic carbocycles. The zero-order valence-electron chi connectivity index (χ0n) is 11.2. The molecule has 2 unspecified atom stereocenters. The van der Waals surface area contributed by atoms with Gasteiger partial charge in [-0.1, -0.05) is 6.92 Å². The molecule has 0 spiro atoms. The molecule has 0 aliphatic heterocycles. The van der Waals surface area contributed by atoms with E-state index in [4.69, 9.17) is 5.11 Å². The number of nitrogens with one attached hydrogen (secondary N) is 1. The lowest BCUT2D eigenvalue weighted by molar-refractivity contribution is 0.0599. The van der Waals surface area contributed by atoms with Gasteiger partial charge in [-0.3, -0.25) is 0 Å². The smallest absolute Gasteiger partial charge is 0.339 e. The van der Waals surface area contributed by atoms with Crippen LogP contribution in [0.2, 0.25) is 0 Å². The van der Waals surface area contributed by atoms with Gasteiger partial charge in [0, 0.05) is 12.6 Å². The quantitative estimate of drug-likeness (QED) is 0.779. The summed E-state index contributed by atoms with van der Waals surface area (Å²) in [6.07, 6.45) is 0. The number of ether oxygens (including phenoxy) is 1. The molecule has 1 aromatic heterocycles. The second kappa shape index (κ2) is 6.35. The summed E-state index contributed by atoms with van der Waals surface area (Å²) >= 11 is 0. The predicted octanol–water partition coefficient (Wildman–Crippen LogP) is 1.61. The Labute approximate surface area is 107 Å². The first kappa shape index (κ1) is 14.4. The van der Waals surface area contributed by atoms with Crippen LogP contribution in [-0.2, 0) is 4.74 Å². The lowest BCUT2D eigenvalue weighted by Gasteiger charge is -2.20. The van der Waals surface area contributed by atoms with Gasteiger partial charge in [0.2, 0.25) is 0 Å². The van der Waals surface area contributed by atoms with E-state index in [0.717, 1.165) is 0 Å². The lowest BCUT2D eigenvalue weighted by Crippen LogP contribution is -2.26. The summed E-state index contributed by atoms with van der Waals surface area (Å²) in [5, 5.41) is 12.3. The van der Waals surface area contributed by atoms with Crippen LogP contribution in [0, 0.1) is 12.8 Å². The minimum atomic E-state index is -0.386. The SMILES string of the molecule is COC(=O)c1ccc(NC(C)C(C)CO)nc1C. The standard InChI is InChI=1S/C13H20N2O3/c1-8(7-16)9(2)14-12-6-5-11(10(3)15-12)13(17)18-4/h5-6,8-9,16H,7H2,1-4H3,(H,14,15). The maximum atomic E-state index is 11.4. The van der Waals surface area contributed by atoms with E-state index >= 15 is 0 Å². The number of nitrogens with zero attached hydrogens (tertiary/aromatic N) is 1. The van der Waals surface area contributed by atoms with Gasteiger partial charge in [0.1, 0.15) is 5.82 Å². The summed E-state index contributed by atoms with van der Waals surface area (Å²) in [5.41, 5.74) is 1.08. The molecule has 2 atom stereocenters. The van der Waals surface area contributed by atoms with Gasteiger partial charge in [-0.15, -0.1) is 0 Å². The number of rotatable bonds is 5. The lowest BCUT2D eigenvalue weighted by atomic mass is 10.1. The maximum Gasteiger partial charge on any atom is 0.339 e. The molecule has 0 amide bonds. The third kappa shape index (κ3) is 3.43. The number of carbonyl (C=O) groups is 1. The van der Waals surface area contributed by atoms with Gasteiger partial charge in [-0.05, 0) is 31.9 Å². The number of hydrogen-bond acceptors (Lipinski definition) is 5. The van der Waals surface area contributed by atoms with Crippen molar-refractivity contribution >= 4 is 11.8 Å². The van der Waals surface area contributed by atoms with Crippen LogP contribution in [0.25, 0.3) is 0 Å². The molecule has 18 heavy (non-hydrogen) atoms. The Bertz CT molecular complexity index is 421. The van der Waals surface area contributed by atoms with E-state index < -0.39 is 0 Å². The molecule has 5 nitrogen and oxygen atoms in total. The van der Waals surface area contributed by atoms with Crippen LogP contribution in [0.4, 0.5) is 5.82 Å². The summed E-state index contributed by atoms with van der Waals surface area (Å²) in [4.78, 5) is 15.7. The first-order chi connectivity index (χ1) is 8.49. The normalized spacial score (nSPS) is 13.8. The Hall–Kier alpha value is -1.62. The van der Waals surface area contributed by atoms with Crippen LogP contribution in [-0.4, -0.2) is 35.8 Å². The monoisotopic (exact) mass is 252 g/mol. The Morgan fingerprint density at radius 3 is 2.67 bits per heavy atom. The molecule has 1 aromatic rings. The Morgan fingerprint density at radius 2 is 2.17 bits per heavy atom. The molecule has 1 rings (SSSR count). The molecule has 1 heterocycles. The van der Waals surface area contributed by atoms with Gasteiger partial charge in [-0.2, -0.15) is 0 Å². The van der Waals surface area contributed by atoms with Crippen LogP contribution in [0.15, 0.2) is 12.1 Å². The van der Waals surface area contributed by atoms with Crippen LogP contribution >= 0.6 is 0 Å². The van der Waals surface area contributed by atoms with E-state index in [1.165, 1.54) is 7.11 Å². The number of aliphatic hydroxyl groups is 1. The number of methoxy groups -OCH3 is 1. The second-order valence-corrected chi connectivity index (χ2v) is 4.41. The summed E-state index contributed by atoms with van der Waals surface area (Å²) in [7, 11) is 1.35. The maximum absolute atomic E-state index is 11.4. The molecular weight excluding hydrogens is 232 g/mol. The fourth-order valence-electron chi connectivity index (χ4n) is 1.50. The van der Waals surface area contributed by atoms with Crippen molar-refractivity contribution < 1.29 is 14.6 Å². The van der Waals surface area contributed by atoms with Crippen LogP contribution < -0.4 is 5.32 Å². The Kier molecular flexibility index (Phi) is 5.09. The number of aromatic nitrogens is 1. The zero-order valence-corrected chi connectivity index (χ0v) is 11.2. The number of aryl methyl sites for hydroxylation is 1. The van der Waals surface area contributed by atoms with Crippen molar-refractivity contribution in [3.05, 3.63) is 23.4 Å². The molecule has 0 aromatic carbocycles. The zero-order chi connectivity index (χ0) is 13.7. The van der Waals surface area contributed by atoms with Crippen LogP contribution in [0.5, 0.6) is 0 Å². The molecule has 100 valence electrons. The summed E-state index contributed by atoms with van der Waals surface area (Å²) in [5.74, 6) is 0.434. The van der Waals surface area contributed by atoms with Gasteiger partial charge < -0.3 is 15.2 Å². The highest BCUT2D eigenvalue weighted by Crippen LogP contribution is 2.14. The molecule has 5 heteroatoms. The first-order valence-electron chi connectivity index (χ1n) is 5.93. The minimum Gasteiger partial charge on any atom is -0.465 e. The van der Waals surface area contributed by atoms with E-state index in [1.807, 2.05) is 13.8 Å². The van der Waals surface area contributed by atoms with Crippen molar-refractivity contribution in [3.8, 4) is 0 Å². The Morgan fingerprint density at radius 1 is 1.50 bits per heavy atom. The van der Waals surface area contributed by atoms with Crippen LogP contribution in [0.3, 0.4) is 0 Å². The van der Waals surface area contributed by atoms with E-state index in [0.29, 0.717) is 17.1 Å². The second-order valence-electron chi connectivity index (χ2n) is 4.41. The largest absolute Gasteiger partial charge is 0.465 e. The van der Waals surface area contributed by atoms with Gasteiger partial charge in [0.05, 0.1) is 18.4 Å². The molecule has 0 fully saturated rings. The third-order valence-electron chi connectivity index (χ3n) is 3.01. The highest BCUT2D eigenvalue weighted by molar-refractivity contribution is 5.90. The predicted molar refractivity (Wildman–Crippen MR) is 69.6 cm³/mol. The van der Waals surface area contributed by atoms with Gasteiger partial charge >= 0.3 is 5.97 Å². The van der Waals surface area contributed by atoms with Crippen molar-refractivity contribution in [2.24, 2.45) is 5.92 Å².